The molecule has 1 aliphatic heterocycles. The van der Waals surface area contributed by atoms with Crippen LogP contribution in [0.3, 0.4) is 0 Å². The third-order valence-electron chi connectivity index (χ3n) is 7.26. The number of hydrogen-bond donors (Lipinski definition) is 1. The number of nitrogens with two attached hydrogens (primary N) is 1. The highest BCUT2D eigenvalue weighted by Crippen LogP contribution is 2.42. The number of hydrogen-bond acceptors (Lipinski definition) is 5. The molecule has 232 valence electrons. The van der Waals surface area contributed by atoms with Gasteiger partial charge in [-0.15, -0.1) is 0 Å². The summed E-state index contributed by atoms with van der Waals surface area (Å²) in [7, 11) is 0. The molecule has 0 radical (unpaired) electrons. The maximum absolute atomic E-state index is 14.0. The standard InChI is InChI=1S/C34H42F2N2O5/c1-20(2)30-29(32(37)40)28(21-8-12-23(35)13-9-21)31(22-10-14-24(36)15-11-22)38(30)17-16-25-18-26(42-34(6,7)41-25)19-27(39)43-33(3,4)5/h8-15,20,25-26H,16-19H2,1-7H3,(H2,37,40). The molecule has 1 saturated heterocycles. The summed E-state index contributed by atoms with van der Waals surface area (Å²) in [5.74, 6) is -2.77. The highest BCUT2D eigenvalue weighted by molar-refractivity contribution is 6.05. The molecule has 1 aliphatic rings. The molecule has 2 aromatic carbocycles. The molecule has 1 amide bonds. The molecule has 4 rings (SSSR count). The van der Waals surface area contributed by atoms with E-state index in [1.165, 1.54) is 24.3 Å². The first-order valence-corrected chi connectivity index (χ1v) is 14.7. The van der Waals surface area contributed by atoms with Crippen LogP contribution in [0.5, 0.6) is 0 Å². The summed E-state index contributed by atoms with van der Waals surface area (Å²) >= 11 is 0. The van der Waals surface area contributed by atoms with E-state index in [0.717, 1.165) is 5.69 Å². The first-order chi connectivity index (χ1) is 20.0. The van der Waals surface area contributed by atoms with Crippen molar-refractivity contribution in [1.82, 2.24) is 4.57 Å². The smallest absolute Gasteiger partial charge is 0.308 e. The average Bonchev–Trinajstić information content (AvgIpc) is 3.22. The third kappa shape index (κ3) is 7.89. The van der Waals surface area contributed by atoms with E-state index in [-0.39, 0.29) is 24.4 Å². The quantitative estimate of drug-likeness (QED) is 0.261. The van der Waals surface area contributed by atoms with E-state index in [1.54, 1.807) is 24.3 Å². The van der Waals surface area contributed by atoms with Crippen molar-refractivity contribution < 1.29 is 32.6 Å². The second kappa shape index (κ2) is 12.6. The zero-order chi connectivity index (χ0) is 31.7. The predicted octanol–water partition coefficient (Wildman–Crippen LogP) is 7.35. The number of rotatable bonds is 9. The number of halogens is 2. The van der Waals surface area contributed by atoms with Gasteiger partial charge in [0.2, 0.25) is 0 Å². The summed E-state index contributed by atoms with van der Waals surface area (Å²) in [5, 5.41) is 0. The minimum absolute atomic E-state index is 0.0999. The number of ether oxygens (including phenoxy) is 3. The lowest BCUT2D eigenvalue weighted by molar-refractivity contribution is -0.301. The van der Waals surface area contributed by atoms with Crippen molar-refractivity contribution in [3.05, 3.63) is 71.4 Å². The molecular formula is C34H42F2N2O5. The van der Waals surface area contributed by atoms with Crippen molar-refractivity contribution in [3.8, 4) is 22.4 Å². The second-order valence-corrected chi connectivity index (χ2v) is 12.9. The fourth-order valence-corrected chi connectivity index (χ4v) is 5.89. The summed E-state index contributed by atoms with van der Waals surface area (Å²) in [5.41, 5.74) is 9.04. The molecule has 0 saturated carbocycles. The minimum Gasteiger partial charge on any atom is -0.460 e. The zero-order valence-electron chi connectivity index (χ0n) is 26.0. The first kappa shape index (κ1) is 32.4. The second-order valence-electron chi connectivity index (χ2n) is 12.9. The Morgan fingerprint density at radius 2 is 1.51 bits per heavy atom. The molecule has 2 N–H and O–H groups in total. The van der Waals surface area contributed by atoms with Gasteiger partial charge in [0, 0.05) is 24.2 Å². The SMILES string of the molecule is CC(C)c1c(C(N)=O)c(-c2ccc(F)cc2)c(-c2ccc(F)cc2)n1CCC1CC(CC(=O)OC(C)(C)C)OC(C)(C)O1. The molecule has 7 nitrogen and oxygen atoms in total. The Bertz CT molecular complexity index is 1450. The van der Waals surface area contributed by atoms with Crippen LogP contribution in [-0.4, -0.2) is 40.0 Å². The van der Waals surface area contributed by atoms with Crippen LogP contribution in [0, 0.1) is 11.6 Å². The van der Waals surface area contributed by atoms with Crippen LogP contribution < -0.4 is 5.73 Å². The third-order valence-corrected chi connectivity index (χ3v) is 7.26. The maximum Gasteiger partial charge on any atom is 0.308 e. The van der Waals surface area contributed by atoms with Gasteiger partial charge < -0.3 is 24.5 Å². The van der Waals surface area contributed by atoms with Crippen molar-refractivity contribution >= 4 is 11.9 Å². The van der Waals surface area contributed by atoms with Gasteiger partial charge in [-0.1, -0.05) is 26.0 Å². The molecule has 3 aromatic rings. The maximum atomic E-state index is 14.0. The topological polar surface area (TPSA) is 92.8 Å². The van der Waals surface area contributed by atoms with E-state index in [4.69, 9.17) is 19.9 Å². The molecule has 0 aliphatic carbocycles. The van der Waals surface area contributed by atoms with Gasteiger partial charge in [-0.2, -0.15) is 0 Å². The van der Waals surface area contributed by atoms with Gasteiger partial charge in [0.1, 0.15) is 17.2 Å². The zero-order valence-corrected chi connectivity index (χ0v) is 26.0. The van der Waals surface area contributed by atoms with Crippen molar-refractivity contribution in [2.45, 2.75) is 104 Å². The van der Waals surface area contributed by atoms with Crippen molar-refractivity contribution in [2.75, 3.05) is 0 Å². The lowest BCUT2D eigenvalue weighted by Gasteiger charge is -2.41. The van der Waals surface area contributed by atoms with Gasteiger partial charge in [-0.25, -0.2) is 8.78 Å². The summed E-state index contributed by atoms with van der Waals surface area (Å²) in [6, 6.07) is 12.0. The highest BCUT2D eigenvalue weighted by atomic mass is 19.1. The summed E-state index contributed by atoms with van der Waals surface area (Å²) in [6.07, 6.45) is 0.431. The average molecular weight is 597 g/mol. The van der Waals surface area contributed by atoms with Crippen molar-refractivity contribution in [3.63, 3.8) is 0 Å². The number of carbonyl (C=O) groups is 2. The number of amides is 1. The molecule has 1 aromatic heterocycles. The fraction of sp³-hybridized carbons (Fsp3) is 0.471. The van der Waals surface area contributed by atoms with E-state index in [1.807, 2.05) is 53.0 Å². The van der Waals surface area contributed by atoms with E-state index >= 15 is 0 Å². The minimum atomic E-state index is -0.926. The Morgan fingerprint density at radius 3 is 2.02 bits per heavy atom. The molecule has 2 unspecified atom stereocenters. The summed E-state index contributed by atoms with van der Waals surface area (Å²) in [4.78, 5) is 25.7. The number of nitrogens with zero attached hydrogens (tertiary/aromatic N) is 1. The fourth-order valence-electron chi connectivity index (χ4n) is 5.89. The van der Waals surface area contributed by atoms with Crippen molar-refractivity contribution in [2.24, 2.45) is 5.73 Å². The lowest BCUT2D eigenvalue weighted by Crippen LogP contribution is -2.46. The van der Waals surface area contributed by atoms with Crippen LogP contribution in [-0.2, 0) is 25.5 Å². The number of esters is 1. The molecule has 2 heterocycles. The monoisotopic (exact) mass is 596 g/mol. The normalized spacial score (nSPS) is 18.6. The van der Waals surface area contributed by atoms with Crippen LogP contribution in [0.1, 0.15) is 89.7 Å². The Labute approximate surface area is 252 Å². The molecule has 2 atom stereocenters. The number of aromatic nitrogens is 1. The summed E-state index contributed by atoms with van der Waals surface area (Å²) < 4.78 is 47.9. The van der Waals surface area contributed by atoms with Gasteiger partial charge in [0.15, 0.2) is 5.79 Å². The van der Waals surface area contributed by atoms with Gasteiger partial charge in [0.25, 0.3) is 5.91 Å². The molecule has 1 fully saturated rings. The summed E-state index contributed by atoms with van der Waals surface area (Å²) in [6.45, 7) is 13.5. The molecule has 0 spiro atoms. The van der Waals surface area contributed by atoms with E-state index in [9.17, 15) is 18.4 Å². The number of benzene rings is 2. The van der Waals surface area contributed by atoms with E-state index < -0.39 is 35.0 Å². The number of carbonyl (C=O) groups excluding carboxylic acids is 2. The first-order valence-electron chi connectivity index (χ1n) is 14.7. The largest absolute Gasteiger partial charge is 0.460 e. The van der Waals surface area contributed by atoms with Gasteiger partial charge >= 0.3 is 5.97 Å². The van der Waals surface area contributed by atoms with Gasteiger partial charge in [-0.3, -0.25) is 9.59 Å². The molecular weight excluding hydrogens is 554 g/mol. The Balaban J connectivity index is 1.76. The van der Waals surface area contributed by atoms with E-state index in [0.29, 0.717) is 47.3 Å². The van der Waals surface area contributed by atoms with Gasteiger partial charge in [-0.05, 0) is 94.5 Å². The van der Waals surface area contributed by atoms with Crippen LogP contribution >= 0.6 is 0 Å². The van der Waals surface area contributed by atoms with Crippen LogP contribution in [0.4, 0.5) is 8.78 Å². The lowest BCUT2D eigenvalue weighted by atomic mass is 9.94. The van der Waals surface area contributed by atoms with Crippen LogP contribution in [0.15, 0.2) is 48.5 Å². The Kier molecular flexibility index (Phi) is 9.47. The predicted molar refractivity (Wildman–Crippen MR) is 161 cm³/mol. The molecule has 43 heavy (non-hydrogen) atoms. The van der Waals surface area contributed by atoms with E-state index in [2.05, 4.69) is 0 Å². The number of primary amides is 1. The van der Waals surface area contributed by atoms with Crippen LogP contribution in [0.25, 0.3) is 22.4 Å². The highest BCUT2D eigenvalue weighted by Gasteiger charge is 2.38. The van der Waals surface area contributed by atoms with Crippen LogP contribution in [0.2, 0.25) is 0 Å². The molecule has 0 bridgehead atoms. The van der Waals surface area contributed by atoms with Crippen molar-refractivity contribution in [1.29, 1.82) is 0 Å². The Morgan fingerprint density at radius 1 is 0.977 bits per heavy atom. The van der Waals surface area contributed by atoms with Gasteiger partial charge in [0.05, 0.1) is 29.9 Å². The molecule has 9 heteroatoms. The Hall–Kier alpha value is -3.56.